The number of nitrogens with zero attached hydrogens (tertiary/aromatic N) is 2. The molecule has 0 saturated carbocycles. The summed E-state index contributed by atoms with van der Waals surface area (Å²) in [5.74, 6) is 0.113. The van der Waals surface area contributed by atoms with Crippen LogP contribution >= 0.6 is 0 Å². The molecule has 7 heteroatoms. The van der Waals surface area contributed by atoms with Gasteiger partial charge >= 0.3 is 5.97 Å². The minimum absolute atomic E-state index is 0.0309. The molecule has 1 aliphatic rings. The van der Waals surface area contributed by atoms with Gasteiger partial charge in [0, 0.05) is 20.1 Å². The lowest BCUT2D eigenvalue weighted by molar-refractivity contribution is -0.124. The van der Waals surface area contributed by atoms with Gasteiger partial charge in [-0.2, -0.15) is 0 Å². The zero-order valence-corrected chi connectivity index (χ0v) is 12.3. The minimum Gasteiger partial charge on any atom is -0.465 e. The average molecular weight is 292 g/mol. The zero-order chi connectivity index (χ0) is 15.4. The van der Waals surface area contributed by atoms with Crippen molar-refractivity contribution >= 4 is 23.4 Å². The Morgan fingerprint density at radius 3 is 2.95 bits per heavy atom. The highest BCUT2D eigenvalue weighted by Crippen LogP contribution is 2.24. The summed E-state index contributed by atoms with van der Waals surface area (Å²) in [4.78, 5) is 29.7. The number of pyridine rings is 1. The van der Waals surface area contributed by atoms with Crippen LogP contribution in [-0.4, -0.2) is 44.1 Å². The van der Waals surface area contributed by atoms with Gasteiger partial charge in [-0.05, 0) is 18.9 Å². The largest absolute Gasteiger partial charge is 0.465 e. The van der Waals surface area contributed by atoms with Gasteiger partial charge < -0.3 is 20.7 Å². The molecule has 2 rings (SSSR count). The molecule has 1 aromatic heterocycles. The van der Waals surface area contributed by atoms with E-state index in [1.807, 2.05) is 4.90 Å². The summed E-state index contributed by atoms with van der Waals surface area (Å²) in [5.41, 5.74) is 6.33. The Balaban J connectivity index is 2.21. The van der Waals surface area contributed by atoms with Crippen LogP contribution in [0.2, 0.25) is 0 Å². The van der Waals surface area contributed by atoms with E-state index in [-0.39, 0.29) is 17.5 Å². The Morgan fingerprint density at radius 1 is 1.52 bits per heavy atom. The maximum Gasteiger partial charge on any atom is 0.340 e. The van der Waals surface area contributed by atoms with Crippen molar-refractivity contribution in [1.29, 1.82) is 0 Å². The van der Waals surface area contributed by atoms with Crippen LogP contribution in [0, 0.1) is 5.92 Å². The summed E-state index contributed by atoms with van der Waals surface area (Å²) in [6.07, 6.45) is 3.21. The van der Waals surface area contributed by atoms with Gasteiger partial charge in [-0.15, -0.1) is 0 Å². The molecule has 21 heavy (non-hydrogen) atoms. The topological polar surface area (TPSA) is 97.5 Å². The Kier molecular flexibility index (Phi) is 4.62. The third kappa shape index (κ3) is 3.24. The number of ether oxygens (including phenoxy) is 1. The zero-order valence-electron chi connectivity index (χ0n) is 12.3. The summed E-state index contributed by atoms with van der Waals surface area (Å²) in [5, 5.41) is 2.67. The number of carbonyl (C=O) groups excluding carboxylic acids is 2. The molecule has 1 fully saturated rings. The van der Waals surface area contributed by atoms with E-state index < -0.39 is 5.97 Å². The lowest BCUT2D eigenvalue weighted by atomic mass is 9.97. The first-order chi connectivity index (χ1) is 10.1. The highest BCUT2D eigenvalue weighted by atomic mass is 16.5. The first-order valence-corrected chi connectivity index (χ1v) is 6.87. The molecule has 1 unspecified atom stereocenters. The number of nitrogen functional groups attached to an aromatic ring is 1. The fourth-order valence-corrected chi connectivity index (χ4v) is 2.52. The Bertz CT molecular complexity index is 547. The Hall–Kier alpha value is -2.31. The van der Waals surface area contributed by atoms with Gasteiger partial charge in [-0.25, -0.2) is 9.78 Å². The molecular weight excluding hydrogens is 272 g/mol. The Morgan fingerprint density at radius 2 is 2.29 bits per heavy atom. The molecule has 0 aromatic carbocycles. The van der Waals surface area contributed by atoms with E-state index in [0.29, 0.717) is 17.9 Å². The second kappa shape index (κ2) is 6.43. The molecule has 1 aliphatic heterocycles. The number of nitrogens with one attached hydrogen (secondary N) is 1. The lowest BCUT2D eigenvalue weighted by Gasteiger charge is -2.32. The molecule has 0 bridgehead atoms. The molecule has 1 aromatic rings. The van der Waals surface area contributed by atoms with Crippen LogP contribution in [0.3, 0.4) is 0 Å². The van der Waals surface area contributed by atoms with E-state index in [9.17, 15) is 9.59 Å². The summed E-state index contributed by atoms with van der Waals surface area (Å²) in [6, 6.07) is 1.62. The van der Waals surface area contributed by atoms with Gasteiger partial charge in [0.05, 0.1) is 30.5 Å². The van der Waals surface area contributed by atoms with Crippen LogP contribution in [0.4, 0.5) is 11.5 Å². The van der Waals surface area contributed by atoms with Gasteiger partial charge in [-0.1, -0.05) is 0 Å². The van der Waals surface area contributed by atoms with Gasteiger partial charge in [0.2, 0.25) is 5.91 Å². The van der Waals surface area contributed by atoms with E-state index in [1.165, 1.54) is 13.3 Å². The number of rotatable bonds is 3. The fraction of sp³-hybridized carbons (Fsp3) is 0.500. The van der Waals surface area contributed by atoms with Crippen LogP contribution < -0.4 is 16.0 Å². The predicted molar refractivity (Wildman–Crippen MR) is 79.0 cm³/mol. The highest BCUT2D eigenvalue weighted by Gasteiger charge is 2.26. The van der Waals surface area contributed by atoms with E-state index >= 15 is 0 Å². The van der Waals surface area contributed by atoms with Crippen molar-refractivity contribution < 1.29 is 14.3 Å². The van der Waals surface area contributed by atoms with Crippen molar-refractivity contribution in [3.63, 3.8) is 0 Å². The van der Waals surface area contributed by atoms with Crippen molar-refractivity contribution in [3.8, 4) is 0 Å². The number of aromatic nitrogens is 1. The number of methoxy groups -OCH3 is 1. The monoisotopic (exact) mass is 292 g/mol. The third-order valence-corrected chi connectivity index (χ3v) is 3.69. The normalized spacial score (nSPS) is 18.2. The maximum atomic E-state index is 11.8. The van der Waals surface area contributed by atoms with Crippen LogP contribution in [0.5, 0.6) is 0 Å². The van der Waals surface area contributed by atoms with Crippen LogP contribution in [-0.2, 0) is 9.53 Å². The number of nitrogens with two attached hydrogens (primary N) is 1. The van der Waals surface area contributed by atoms with Gasteiger partial charge in [0.1, 0.15) is 5.82 Å². The van der Waals surface area contributed by atoms with Gasteiger partial charge in [0.25, 0.3) is 0 Å². The van der Waals surface area contributed by atoms with Crippen LogP contribution in [0.25, 0.3) is 0 Å². The van der Waals surface area contributed by atoms with Gasteiger partial charge in [-0.3, -0.25) is 4.79 Å². The van der Waals surface area contributed by atoms with Crippen molar-refractivity contribution in [1.82, 2.24) is 10.3 Å². The van der Waals surface area contributed by atoms with Gasteiger partial charge in [0.15, 0.2) is 0 Å². The SMILES string of the molecule is CNC(=O)C1CCCN(c2cc(C(=O)OC)c(N)cn2)C1. The first kappa shape index (κ1) is 15.1. The second-order valence-corrected chi connectivity index (χ2v) is 5.02. The number of hydrogen-bond donors (Lipinski definition) is 2. The predicted octanol–water partition coefficient (Wildman–Crippen LogP) is 0.413. The van der Waals surface area contributed by atoms with Crippen LogP contribution in [0.15, 0.2) is 12.3 Å². The number of carbonyl (C=O) groups is 2. The number of piperidine rings is 1. The summed E-state index contributed by atoms with van der Waals surface area (Å²) < 4.78 is 4.71. The summed E-state index contributed by atoms with van der Waals surface area (Å²) in [7, 11) is 2.95. The van der Waals surface area contributed by atoms with Crippen molar-refractivity contribution in [3.05, 3.63) is 17.8 Å². The first-order valence-electron chi connectivity index (χ1n) is 6.87. The third-order valence-electron chi connectivity index (χ3n) is 3.69. The number of hydrogen-bond acceptors (Lipinski definition) is 6. The fourth-order valence-electron chi connectivity index (χ4n) is 2.52. The van der Waals surface area contributed by atoms with E-state index in [1.54, 1.807) is 13.1 Å². The second-order valence-electron chi connectivity index (χ2n) is 5.02. The molecule has 0 spiro atoms. The summed E-state index contributed by atoms with van der Waals surface area (Å²) >= 11 is 0. The molecule has 3 N–H and O–H groups in total. The quantitative estimate of drug-likeness (QED) is 0.783. The van der Waals surface area contributed by atoms with E-state index in [2.05, 4.69) is 10.3 Å². The van der Waals surface area contributed by atoms with Crippen LogP contribution in [0.1, 0.15) is 23.2 Å². The number of esters is 1. The lowest BCUT2D eigenvalue weighted by Crippen LogP contribution is -2.42. The molecule has 1 saturated heterocycles. The molecule has 1 atom stereocenters. The number of anilines is 2. The van der Waals surface area contributed by atoms with E-state index in [4.69, 9.17) is 10.5 Å². The van der Waals surface area contributed by atoms with E-state index in [0.717, 1.165) is 19.4 Å². The number of amides is 1. The Labute approximate surface area is 123 Å². The molecule has 2 heterocycles. The van der Waals surface area contributed by atoms with Crippen molar-refractivity contribution in [2.45, 2.75) is 12.8 Å². The molecule has 114 valence electrons. The van der Waals surface area contributed by atoms with Crippen molar-refractivity contribution in [2.75, 3.05) is 37.9 Å². The summed E-state index contributed by atoms with van der Waals surface area (Å²) in [6.45, 7) is 1.38. The average Bonchev–Trinajstić information content (AvgIpc) is 2.54. The van der Waals surface area contributed by atoms with Crippen molar-refractivity contribution in [2.24, 2.45) is 5.92 Å². The minimum atomic E-state index is -0.490. The standard InChI is InChI=1S/C14H20N4O3/c1-16-13(19)9-4-3-5-18(8-9)12-6-10(14(20)21-2)11(15)7-17-12/h6-7,9H,3-5,8,15H2,1-2H3,(H,16,19). The maximum absolute atomic E-state index is 11.8. The smallest absolute Gasteiger partial charge is 0.340 e. The molecule has 0 radical (unpaired) electrons. The molecule has 0 aliphatic carbocycles. The highest BCUT2D eigenvalue weighted by molar-refractivity contribution is 5.95. The molecule has 7 nitrogen and oxygen atoms in total. The molecule has 1 amide bonds. The molecular formula is C14H20N4O3.